The first kappa shape index (κ1) is 11.0. The van der Waals surface area contributed by atoms with Gasteiger partial charge in [-0.25, -0.2) is 0 Å². The lowest BCUT2D eigenvalue weighted by Crippen LogP contribution is -2.22. The average molecular weight is 200 g/mol. The highest BCUT2D eigenvalue weighted by atomic mass is 19.3. The maximum absolute atomic E-state index is 12.8. The number of hydrogen-bond donors (Lipinski definition) is 0. The Hall–Kier alpha value is -1.12. The molecule has 0 radical (unpaired) electrons. The van der Waals surface area contributed by atoms with E-state index >= 15 is 0 Å². The summed E-state index contributed by atoms with van der Waals surface area (Å²) in [6.45, 7) is 3.40. The fraction of sp³-hybridized carbons (Fsp3) is 0.455. The molecule has 14 heavy (non-hydrogen) atoms. The molecule has 0 saturated heterocycles. The highest BCUT2D eigenvalue weighted by molar-refractivity contribution is 5.27. The Bertz CT molecular complexity index is 280. The Labute approximate surface area is 82.7 Å². The molecule has 0 N–H and O–H groups in total. The van der Waals surface area contributed by atoms with Crippen LogP contribution in [0.3, 0.4) is 0 Å². The summed E-state index contributed by atoms with van der Waals surface area (Å²) in [7, 11) is 0. The Morgan fingerprint density at radius 2 is 1.71 bits per heavy atom. The van der Waals surface area contributed by atoms with E-state index in [1.165, 1.54) is 6.92 Å². The van der Waals surface area contributed by atoms with Crippen molar-refractivity contribution in [2.24, 2.45) is 0 Å². The third kappa shape index (κ3) is 2.98. The van der Waals surface area contributed by atoms with Gasteiger partial charge in [-0.2, -0.15) is 8.78 Å². The minimum Gasteiger partial charge on any atom is -0.433 e. The van der Waals surface area contributed by atoms with E-state index in [1.54, 1.807) is 24.3 Å². The van der Waals surface area contributed by atoms with Gasteiger partial charge in [-0.15, -0.1) is 0 Å². The number of halogens is 2. The molecule has 0 aliphatic rings. The fourth-order valence-corrected chi connectivity index (χ4v) is 1.04. The smallest absolute Gasteiger partial charge is 0.397 e. The lowest BCUT2D eigenvalue weighted by atomic mass is 10.2. The van der Waals surface area contributed by atoms with Crippen molar-refractivity contribution in [3.63, 3.8) is 0 Å². The molecule has 0 fully saturated rings. The van der Waals surface area contributed by atoms with E-state index < -0.39 is 6.11 Å². The SMILES string of the molecule is CCc1ccc(OC(F)(F)CC)cc1. The summed E-state index contributed by atoms with van der Waals surface area (Å²) in [6.07, 6.45) is -2.49. The molecule has 0 saturated carbocycles. The van der Waals surface area contributed by atoms with Crippen LogP contribution >= 0.6 is 0 Å². The van der Waals surface area contributed by atoms with Crippen LogP contribution in [-0.4, -0.2) is 6.11 Å². The molecule has 1 aromatic rings. The summed E-state index contributed by atoms with van der Waals surface area (Å²) in [5.74, 6) is 0.217. The third-order valence-corrected chi connectivity index (χ3v) is 2.01. The maximum atomic E-state index is 12.8. The first-order valence-electron chi connectivity index (χ1n) is 4.73. The summed E-state index contributed by atoms with van der Waals surface area (Å²) in [5.41, 5.74) is 1.11. The van der Waals surface area contributed by atoms with Crippen LogP contribution in [0.25, 0.3) is 0 Å². The quantitative estimate of drug-likeness (QED) is 0.721. The van der Waals surface area contributed by atoms with E-state index in [1.807, 2.05) is 6.92 Å². The lowest BCUT2D eigenvalue weighted by Gasteiger charge is -2.15. The number of benzene rings is 1. The van der Waals surface area contributed by atoms with Crippen LogP contribution in [0.2, 0.25) is 0 Å². The normalized spacial score (nSPS) is 11.4. The molecular weight excluding hydrogens is 186 g/mol. The van der Waals surface area contributed by atoms with E-state index in [4.69, 9.17) is 0 Å². The molecule has 0 amide bonds. The summed E-state index contributed by atoms with van der Waals surface area (Å²) < 4.78 is 30.1. The molecule has 0 aliphatic carbocycles. The monoisotopic (exact) mass is 200 g/mol. The lowest BCUT2D eigenvalue weighted by molar-refractivity contribution is -0.177. The van der Waals surface area contributed by atoms with Crippen LogP contribution in [0.15, 0.2) is 24.3 Å². The largest absolute Gasteiger partial charge is 0.433 e. The van der Waals surface area contributed by atoms with Crippen LogP contribution < -0.4 is 4.74 Å². The summed E-state index contributed by atoms with van der Waals surface area (Å²) >= 11 is 0. The zero-order valence-corrected chi connectivity index (χ0v) is 8.39. The summed E-state index contributed by atoms with van der Waals surface area (Å²) in [5, 5.41) is 0. The van der Waals surface area contributed by atoms with Gasteiger partial charge in [0, 0.05) is 6.42 Å². The number of hydrogen-bond acceptors (Lipinski definition) is 1. The Morgan fingerprint density at radius 1 is 1.14 bits per heavy atom. The van der Waals surface area contributed by atoms with Crippen molar-refractivity contribution in [3.05, 3.63) is 29.8 Å². The second kappa shape index (κ2) is 4.40. The van der Waals surface area contributed by atoms with Gasteiger partial charge in [0.05, 0.1) is 0 Å². The number of alkyl halides is 2. The molecule has 0 aromatic heterocycles. The van der Waals surface area contributed by atoms with Crippen molar-refractivity contribution in [1.82, 2.24) is 0 Å². The molecule has 0 heterocycles. The number of ether oxygens (including phenoxy) is 1. The standard InChI is InChI=1S/C11H14F2O/c1-3-9-5-7-10(8-6-9)14-11(12,13)4-2/h5-8H,3-4H2,1-2H3. The number of aryl methyl sites for hydroxylation is 1. The first-order valence-corrected chi connectivity index (χ1v) is 4.73. The minimum atomic E-state index is -3.06. The minimum absolute atomic E-state index is 0.217. The van der Waals surface area contributed by atoms with Crippen LogP contribution in [0.5, 0.6) is 5.75 Å². The van der Waals surface area contributed by atoms with Gasteiger partial charge in [-0.3, -0.25) is 0 Å². The van der Waals surface area contributed by atoms with Crippen molar-refractivity contribution >= 4 is 0 Å². The molecule has 0 spiro atoms. The highest BCUT2D eigenvalue weighted by Gasteiger charge is 2.28. The molecule has 0 unspecified atom stereocenters. The van der Waals surface area contributed by atoms with E-state index in [-0.39, 0.29) is 12.2 Å². The maximum Gasteiger partial charge on any atom is 0.397 e. The molecule has 1 aromatic carbocycles. The van der Waals surface area contributed by atoms with Crippen LogP contribution in [0, 0.1) is 0 Å². The van der Waals surface area contributed by atoms with E-state index in [2.05, 4.69) is 4.74 Å². The van der Waals surface area contributed by atoms with Crippen molar-refractivity contribution in [2.75, 3.05) is 0 Å². The van der Waals surface area contributed by atoms with Gasteiger partial charge in [0.2, 0.25) is 0 Å². The Morgan fingerprint density at radius 3 is 2.14 bits per heavy atom. The zero-order valence-electron chi connectivity index (χ0n) is 8.39. The van der Waals surface area contributed by atoms with Gasteiger partial charge < -0.3 is 4.74 Å². The van der Waals surface area contributed by atoms with Crippen LogP contribution in [0.4, 0.5) is 8.78 Å². The average Bonchev–Trinajstić information content (AvgIpc) is 2.19. The molecule has 78 valence electrons. The van der Waals surface area contributed by atoms with Gasteiger partial charge in [0.15, 0.2) is 0 Å². The highest BCUT2D eigenvalue weighted by Crippen LogP contribution is 2.24. The van der Waals surface area contributed by atoms with E-state index in [0.29, 0.717) is 0 Å². The second-order valence-corrected chi connectivity index (χ2v) is 3.09. The van der Waals surface area contributed by atoms with Crippen molar-refractivity contribution in [3.8, 4) is 5.75 Å². The predicted molar refractivity (Wildman–Crippen MR) is 51.7 cm³/mol. The third-order valence-electron chi connectivity index (χ3n) is 2.01. The van der Waals surface area contributed by atoms with Gasteiger partial charge in [-0.05, 0) is 24.1 Å². The zero-order chi connectivity index (χ0) is 10.6. The van der Waals surface area contributed by atoms with E-state index in [9.17, 15) is 8.78 Å². The van der Waals surface area contributed by atoms with Crippen molar-refractivity contribution in [2.45, 2.75) is 32.8 Å². The van der Waals surface area contributed by atoms with Crippen LogP contribution in [0.1, 0.15) is 25.8 Å². The topological polar surface area (TPSA) is 9.23 Å². The summed E-state index contributed by atoms with van der Waals surface area (Å²) in [6, 6.07) is 6.73. The predicted octanol–water partition coefficient (Wildman–Crippen LogP) is 3.63. The molecule has 1 rings (SSSR count). The molecule has 3 heteroatoms. The molecular formula is C11H14F2O. The van der Waals surface area contributed by atoms with Gasteiger partial charge in [0.25, 0.3) is 0 Å². The first-order chi connectivity index (χ1) is 6.57. The second-order valence-electron chi connectivity index (χ2n) is 3.09. The van der Waals surface area contributed by atoms with Crippen molar-refractivity contribution < 1.29 is 13.5 Å². The van der Waals surface area contributed by atoms with Gasteiger partial charge in [-0.1, -0.05) is 26.0 Å². The van der Waals surface area contributed by atoms with Gasteiger partial charge >= 0.3 is 6.11 Å². The molecule has 1 nitrogen and oxygen atoms in total. The Balaban J connectivity index is 2.69. The van der Waals surface area contributed by atoms with E-state index in [0.717, 1.165) is 12.0 Å². The van der Waals surface area contributed by atoms with Gasteiger partial charge in [0.1, 0.15) is 5.75 Å². The molecule has 0 aliphatic heterocycles. The summed E-state index contributed by atoms with van der Waals surface area (Å²) in [4.78, 5) is 0. The number of rotatable bonds is 4. The molecule has 0 atom stereocenters. The Kier molecular flexibility index (Phi) is 3.44. The fourth-order valence-electron chi connectivity index (χ4n) is 1.04. The van der Waals surface area contributed by atoms with Crippen molar-refractivity contribution in [1.29, 1.82) is 0 Å². The molecule has 0 bridgehead atoms. The van der Waals surface area contributed by atoms with Crippen LogP contribution in [-0.2, 0) is 6.42 Å².